The molecular weight excluding hydrogens is 363 g/mol. The van der Waals surface area contributed by atoms with E-state index in [0.29, 0.717) is 5.66 Å². The van der Waals surface area contributed by atoms with Gasteiger partial charge in [0, 0.05) is 0 Å². The molecule has 1 aliphatic rings. The van der Waals surface area contributed by atoms with Crippen LogP contribution in [0.5, 0.6) is 0 Å². The van der Waals surface area contributed by atoms with Gasteiger partial charge in [-0.1, -0.05) is 0 Å². The van der Waals surface area contributed by atoms with E-state index in [0.717, 1.165) is 28.8 Å². The van der Waals surface area contributed by atoms with E-state index >= 15 is 0 Å². The molecule has 144 valence electrons. The van der Waals surface area contributed by atoms with Gasteiger partial charge in [0.2, 0.25) is 0 Å². The first-order valence-corrected chi connectivity index (χ1v) is 12.3. The van der Waals surface area contributed by atoms with Crippen molar-refractivity contribution in [1.82, 2.24) is 0 Å². The van der Waals surface area contributed by atoms with Gasteiger partial charge in [0.05, 0.1) is 0 Å². The Morgan fingerprint density at radius 1 is 0.714 bits per heavy atom. The van der Waals surface area contributed by atoms with Gasteiger partial charge in [0.1, 0.15) is 0 Å². The first-order valence-electron chi connectivity index (χ1n) is 10.1. The second-order valence-corrected chi connectivity index (χ2v) is 12.3. The molecule has 1 fully saturated rings. The normalized spacial score (nSPS) is 16.2. The molecule has 0 saturated heterocycles. The Kier molecular flexibility index (Phi) is 5.08. The molecular formula is C25H27O2P. The van der Waals surface area contributed by atoms with E-state index in [1.807, 2.05) is 18.2 Å². The molecule has 0 atom stereocenters. The van der Waals surface area contributed by atoms with E-state index in [9.17, 15) is 4.79 Å². The maximum absolute atomic E-state index is 12.8. The van der Waals surface area contributed by atoms with Crippen LogP contribution in [0.25, 0.3) is 0 Å². The van der Waals surface area contributed by atoms with Gasteiger partial charge < -0.3 is 0 Å². The molecule has 1 aliphatic carbocycles. The van der Waals surface area contributed by atoms with Crippen molar-refractivity contribution in [3.05, 3.63) is 91.0 Å². The summed E-state index contributed by atoms with van der Waals surface area (Å²) in [5, 5.41) is 3.44. The molecule has 0 N–H and O–H groups in total. The van der Waals surface area contributed by atoms with Gasteiger partial charge in [-0.2, -0.15) is 0 Å². The van der Waals surface area contributed by atoms with Crippen LogP contribution in [-0.4, -0.2) is 11.6 Å². The first-order chi connectivity index (χ1) is 13.7. The van der Waals surface area contributed by atoms with Crippen molar-refractivity contribution in [3.8, 4) is 0 Å². The molecule has 0 radical (unpaired) electrons. The molecule has 3 aromatic rings. The monoisotopic (exact) mass is 390 g/mol. The van der Waals surface area contributed by atoms with Gasteiger partial charge in [0.25, 0.3) is 0 Å². The fraction of sp³-hybridized carbons (Fsp3) is 0.240. The molecule has 3 aromatic carbocycles. The number of benzene rings is 3. The maximum atomic E-state index is 12.8. The Balaban J connectivity index is 2.21. The standard InChI is InChI=1S/C25H27O2P/c1-21(26)27-28(25-19-11-12-20-25,22-13-5-2-6-14-22,23-15-7-3-8-16-23)24-17-9-4-10-18-24/h2-10,13-18,25H,11-12,19-20H2,1H3. The zero-order valence-corrected chi connectivity index (χ0v) is 17.2. The quantitative estimate of drug-likeness (QED) is 0.577. The van der Waals surface area contributed by atoms with Crippen molar-refractivity contribution in [3.63, 3.8) is 0 Å². The summed E-state index contributed by atoms with van der Waals surface area (Å²) in [6.07, 6.45) is 4.50. The summed E-state index contributed by atoms with van der Waals surface area (Å²) in [5.74, 6) is -0.207. The Morgan fingerprint density at radius 3 is 1.39 bits per heavy atom. The van der Waals surface area contributed by atoms with Crippen molar-refractivity contribution in [2.75, 3.05) is 0 Å². The molecule has 0 heterocycles. The Labute approximate surface area is 167 Å². The topological polar surface area (TPSA) is 26.3 Å². The van der Waals surface area contributed by atoms with Crippen LogP contribution in [0.1, 0.15) is 32.6 Å². The third-order valence-corrected chi connectivity index (χ3v) is 12.7. The fourth-order valence-electron chi connectivity index (χ4n) is 5.15. The zero-order valence-electron chi connectivity index (χ0n) is 16.3. The zero-order chi connectivity index (χ0) is 19.5. The van der Waals surface area contributed by atoms with E-state index in [2.05, 4.69) is 72.8 Å². The number of hydrogen-bond donors (Lipinski definition) is 0. The summed E-state index contributed by atoms with van der Waals surface area (Å²) in [6.45, 7) is -1.91. The second kappa shape index (κ2) is 7.53. The molecule has 0 aromatic heterocycles. The van der Waals surface area contributed by atoms with Crippen LogP contribution in [0.4, 0.5) is 0 Å². The number of rotatable bonds is 5. The minimum absolute atomic E-state index is 0.207. The molecule has 0 unspecified atom stereocenters. The predicted molar refractivity (Wildman–Crippen MR) is 119 cm³/mol. The summed E-state index contributed by atoms with van der Waals surface area (Å²) < 4.78 is 6.76. The van der Waals surface area contributed by atoms with E-state index in [-0.39, 0.29) is 5.97 Å². The van der Waals surface area contributed by atoms with Crippen molar-refractivity contribution in [2.45, 2.75) is 38.3 Å². The molecule has 3 heteroatoms. The molecule has 4 rings (SSSR count). The third kappa shape index (κ3) is 2.71. The molecule has 1 saturated carbocycles. The van der Waals surface area contributed by atoms with Crippen LogP contribution in [0.2, 0.25) is 0 Å². The first kappa shape index (κ1) is 18.9. The molecule has 2 nitrogen and oxygen atoms in total. The van der Waals surface area contributed by atoms with E-state index in [1.54, 1.807) is 6.92 Å². The van der Waals surface area contributed by atoms with Crippen LogP contribution in [0.3, 0.4) is 0 Å². The Hall–Kier alpha value is -2.44. The summed E-state index contributed by atoms with van der Waals surface area (Å²) in [6, 6.07) is 31.5. The molecule has 0 amide bonds. The van der Waals surface area contributed by atoms with Gasteiger partial charge in [0.15, 0.2) is 0 Å². The summed E-state index contributed by atoms with van der Waals surface area (Å²) in [5.41, 5.74) is 0.294. The Bertz CT molecular complexity index is 833. The van der Waals surface area contributed by atoms with Crippen LogP contribution >= 0.6 is 6.83 Å². The van der Waals surface area contributed by atoms with Crippen LogP contribution < -0.4 is 15.9 Å². The van der Waals surface area contributed by atoms with Crippen molar-refractivity contribution in [2.24, 2.45) is 0 Å². The van der Waals surface area contributed by atoms with Gasteiger partial charge in [-0.3, -0.25) is 0 Å². The van der Waals surface area contributed by atoms with E-state index < -0.39 is 6.83 Å². The molecule has 0 spiro atoms. The van der Waals surface area contributed by atoms with Gasteiger partial charge >= 0.3 is 167 Å². The summed E-state index contributed by atoms with van der Waals surface area (Å²) in [7, 11) is 0. The number of carbonyl (C=O) groups excluding carboxylic acids is 1. The number of carbonyl (C=O) groups is 1. The SMILES string of the molecule is CC(=O)OP(c1ccccc1)(c1ccccc1)(c1ccccc1)C1CCCC1. The third-order valence-electron chi connectivity index (χ3n) is 6.15. The summed E-state index contributed by atoms with van der Waals surface area (Å²) >= 11 is 0. The second-order valence-electron chi connectivity index (χ2n) is 7.63. The van der Waals surface area contributed by atoms with Crippen molar-refractivity contribution in [1.29, 1.82) is 0 Å². The average Bonchev–Trinajstić information content (AvgIpc) is 3.30. The molecule has 0 aliphatic heterocycles. The number of hydrogen-bond acceptors (Lipinski definition) is 2. The van der Waals surface area contributed by atoms with Crippen LogP contribution in [0, 0.1) is 0 Å². The predicted octanol–water partition coefficient (Wildman–Crippen LogP) is 4.94. The van der Waals surface area contributed by atoms with Crippen molar-refractivity contribution >= 4 is 28.7 Å². The summed E-state index contributed by atoms with van der Waals surface area (Å²) in [4.78, 5) is 12.8. The van der Waals surface area contributed by atoms with E-state index in [4.69, 9.17) is 4.52 Å². The Morgan fingerprint density at radius 2 is 1.07 bits per heavy atom. The molecule has 0 bridgehead atoms. The van der Waals surface area contributed by atoms with Crippen LogP contribution in [0.15, 0.2) is 91.0 Å². The van der Waals surface area contributed by atoms with E-state index in [1.165, 1.54) is 12.8 Å². The average molecular weight is 390 g/mol. The van der Waals surface area contributed by atoms with Gasteiger partial charge in [-0.25, -0.2) is 0 Å². The van der Waals surface area contributed by atoms with Gasteiger partial charge in [-0.05, 0) is 0 Å². The molecule has 28 heavy (non-hydrogen) atoms. The van der Waals surface area contributed by atoms with Gasteiger partial charge in [-0.15, -0.1) is 0 Å². The van der Waals surface area contributed by atoms with Crippen LogP contribution in [-0.2, 0) is 9.32 Å². The minimum atomic E-state index is -3.48. The fourth-order valence-corrected chi connectivity index (χ4v) is 11.9. The van der Waals surface area contributed by atoms with Crippen molar-refractivity contribution < 1.29 is 9.32 Å².